The summed E-state index contributed by atoms with van der Waals surface area (Å²) in [6, 6.07) is 30.6. The highest BCUT2D eigenvalue weighted by Gasteiger charge is 2.26. The Morgan fingerprint density at radius 3 is 2.36 bits per heavy atom. The van der Waals surface area contributed by atoms with Crippen LogP contribution in [0.15, 0.2) is 118 Å². The number of nitrogens with one attached hydrogen (secondary N) is 2. The lowest BCUT2D eigenvalue weighted by Crippen LogP contribution is -2.46. The second kappa shape index (κ2) is 18.5. The van der Waals surface area contributed by atoms with Crippen LogP contribution in [0.2, 0.25) is 5.02 Å². The second-order valence-corrected chi connectivity index (χ2v) is 17.9. The van der Waals surface area contributed by atoms with Crippen LogP contribution in [0.25, 0.3) is 11.1 Å². The van der Waals surface area contributed by atoms with Crippen LogP contribution in [-0.2, 0) is 16.6 Å². The SMILES string of the molecule is CN(C)CC[C@H](CSc1cccs1)Nc1ccc(S(=O)(=O)NC(=O)c2ccc(N3CCN(Cc4ccccc4-c4ccc(Cl)cc4)CC3)cc2)cc1[N+](=O)[O-]. The van der Waals surface area contributed by atoms with E-state index in [1.165, 1.54) is 23.3 Å². The van der Waals surface area contributed by atoms with E-state index < -0.39 is 20.9 Å². The van der Waals surface area contributed by atoms with Gasteiger partial charge in [0.05, 0.1) is 14.0 Å². The number of hydrogen-bond acceptors (Lipinski definition) is 11. The predicted octanol–water partition coefficient (Wildman–Crippen LogP) is 7.94. The minimum absolute atomic E-state index is 0.120. The molecule has 6 rings (SSSR count). The number of thioether (sulfide) groups is 1. The summed E-state index contributed by atoms with van der Waals surface area (Å²) in [6.07, 6.45) is 0.717. The monoisotopic (exact) mass is 818 g/mol. The maximum atomic E-state index is 13.3. The summed E-state index contributed by atoms with van der Waals surface area (Å²) in [4.78, 5) is 31.0. The van der Waals surface area contributed by atoms with Gasteiger partial charge < -0.3 is 15.1 Å². The Bertz CT molecular complexity index is 2180. The molecule has 1 amide bonds. The molecule has 0 spiro atoms. The molecule has 2 N–H and O–H groups in total. The molecule has 2 heterocycles. The summed E-state index contributed by atoms with van der Waals surface area (Å²) in [7, 11) is -0.497. The van der Waals surface area contributed by atoms with Crippen molar-refractivity contribution in [2.24, 2.45) is 0 Å². The van der Waals surface area contributed by atoms with Crippen molar-refractivity contribution >= 4 is 67.7 Å². The number of thiophene rings is 1. The van der Waals surface area contributed by atoms with Crippen molar-refractivity contribution in [2.75, 3.05) is 62.8 Å². The lowest BCUT2D eigenvalue weighted by molar-refractivity contribution is -0.384. The van der Waals surface area contributed by atoms with Crippen LogP contribution >= 0.6 is 34.7 Å². The molecule has 0 saturated carbocycles. The summed E-state index contributed by atoms with van der Waals surface area (Å²) < 4.78 is 29.9. The van der Waals surface area contributed by atoms with Gasteiger partial charge in [-0.25, -0.2) is 13.1 Å². The zero-order valence-electron chi connectivity index (χ0n) is 30.6. The Hall–Kier alpha value is -4.44. The molecule has 0 bridgehead atoms. The van der Waals surface area contributed by atoms with Crippen molar-refractivity contribution in [3.63, 3.8) is 0 Å². The number of benzene rings is 4. The van der Waals surface area contributed by atoms with Crippen LogP contribution in [0.4, 0.5) is 17.1 Å². The number of piperazine rings is 1. The highest BCUT2D eigenvalue weighted by Crippen LogP contribution is 2.31. The molecule has 1 aliphatic rings. The average Bonchev–Trinajstić information content (AvgIpc) is 3.70. The first-order valence-electron chi connectivity index (χ1n) is 17.8. The van der Waals surface area contributed by atoms with Crippen molar-refractivity contribution in [2.45, 2.75) is 28.1 Å². The first kappa shape index (κ1) is 40.2. The number of nitro benzene ring substituents is 1. The standard InChI is InChI=1S/C40H43ClN6O5S3/c1-44(2)20-19-33(28-54-39-8-5-25-53-39)42-37-18-17-35(26-38(37)47(49)50)55(51,52)43-40(48)30-11-15-34(16-12-30)46-23-21-45(22-24-46)27-31-6-3-4-7-36(31)29-9-13-32(41)14-10-29/h3-18,25-26,33,42H,19-24,27-28H2,1-2H3,(H,43,48)/t33-/m1/s1. The Kier molecular flexibility index (Phi) is 13.5. The van der Waals surface area contributed by atoms with Crippen molar-refractivity contribution in [1.29, 1.82) is 0 Å². The summed E-state index contributed by atoms with van der Waals surface area (Å²) in [5.41, 5.74) is 4.47. The fourth-order valence-electron chi connectivity index (χ4n) is 6.35. The minimum Gasteiger partial charge on any atom is -0.376 e. The lowest BCUT2D eigenvalue weighted by Gasteiger charge is -2.36. The molecule has 11 nitrogen and oxygen atoms in total. The largest absolute Gasteiger partial charge is 0.376 e. The fourth-order valence-corrected chi connectivity index (χ4v) is 9.35. The summed E-state index contributed by atoms with van der Waals surface area (Å²) in [5.74, 6) is -0.160. The van der Waals surface area contributed by atoms with E-state index >= 15 is 0 Å². The zero-order valence-corrected chi connectivity index (χ0v) is 33.8. The van der Waals surface area contributed by atoms with Crippen LogP contribution in [0, 0.1) is 10.1 Å². The molecule has 288 valence electrons. The third kappa shape index (κ3) is 10.9. The molecular weight excluding hydrogens is 776 g/mol. The van der Waals surface area contributed by atoms with E-state index in [1.54, 1.807) is 35.2 Å². The van der Waals surface area contributed by atoms with Gasteiger partial charge in [0.2, 0.25) is 0 Å². The van der Waals surface area contributed by atoms with Crippen molar-refractivity contribution in [1.82, 2.24) is 14.5 Å². The molecule has 55 heavy (non-hydrogen) atoms. The van der Waals surface area contributed by atoms with Crippen molar-refractivity contribution < 1.29 is 18.1 Å². The van der Waals surface area contributed by atoms with Gasteiger partial charge in [0.25, 0.3) is 21.6 Å². The third-order valence-electron chi connectivity index (χ3n) is 9.34. The lowest BCUT2D eigenvalue weighted by atomic mass is 9.99. The molecule has 0 unspecified atom stereocenters. The zero-order chi connectivity index (χ0) is 39.0. The fraction of sp³-hybridized carbons (Fsp3) is 0.275. The summed E-state index contributed by atoms with van der Waals surface area (Å²) in [6.45, 7) is 4.85. The van der Waals surface area contributed by atoms with Crippen LogP contribution in [0.5, 0.6) is 0 Å². The van der Waals surface area contributed by atoms with Crippen LogP contribution in [-0.4, -0.2) is 87.7 Å². The number of halogens is 1. The van der Waals surface area contributed by atoms with Gasteiger partial charge in [-0.2, -0.15) is 0 Å². The number of anilines is 2. The molecule has 0 aliphatic carbocycles. The molecule has 1 fully saturated rings. The Morgan fingerprint density at radius 2 is 1.69 bits per heavy atom. The quantitative estimate of drug-likeness (QED) is 0.0576. The van der Waals surface area contributed by atoms with Gasteiger partial charge in [0, 0.05) is 66.9 Å². The normalized spacial score (nSPS) is 14.1. The average molecular weight is 819 g/mol. The molecule has 1 saturated heterocycles. The van der Waals surface area contributed by atoms with Gasteiger partial charge in [-0.05, 0) is 104 Å². The Morgan fingerprint density at radius 1 is 0.964 bits per heavy atom. The number of rotatable bonds is 16. The molecule has 4 aromatic carbocycles. The number of amides is 1. The van der Waals surface area contributed by atoms with E-state index in [0.717, 1.165) is 60.8 Å². The second-order valence-electron chi connectivity index (χ2n) is 13.5. The van der Waals surface area contributed by atoms with Gasteiger partial charge in [0.15, 0.2) is 0 Å². The van der Waals surface area contributed by atoms with Crippen LogP contribution < -0.4 is 14.9 Å². The smallest absolute Gasteiger partial charge is 0.293 e. The highest BCUT2D eigenvalue weighted by molar-refractivity contribution is 8.01. The van der Waals surface area contributed by atoms with E-state index in [9.17, 15) is 23.3 Å². The maximum absolute atomic E-state index is 13.3. The van der Waals surface area contributed by atoms with E-state index in [4.69, 9.17) is 11.6 Å². The molecule has 5 aromatic rings. The summed E-state index contributed by atoms with van der Waals surface area (Å²) in [5, 5.41) is 18.1. The molecule has 0 radical (unpaired) electrons. The van der Waals surface area contributed by atoms with Gasteiger partial charge in [-0.1, -0.05) is 54.1 Å². The topological polar surface area (TPSA) is 128 Å². The Balaban J connectivity index is 1.06. The van der Waals surface area contributed by atoms with E-state index in [2.05, 4.69) is 38.0 Å². The number of sulfonamides is 1. The number of nitrogens with zero attached hydrogens (tertiary/aromatic N) is 4. The van der Waals surface area contributed by atoms with Gasteiger partial charge in [-0.3, -0.25) is 19.8 Å². The van der Waals surface area contributed by atoms with E-state index in [1.807, 2.05) is 79.0 Å². The number of carbonyl (C=O) groups excluding carboxylic acids is 1. The van der Waals surface area contributed by atoms with Crippen LogP contribution in [0.3, 0.4) is 0 Å². The van der Waals surface area contributed by atoms with Crippen molar-refractivity contribution in [3.8, 4) is 11.1 Å². The molecule has 1 atom stereocenters. The van der Waals surface area contributed by atoms with Crippen molar-refractivity contribution in [3.05, 3.63) is 135 Å². The van der Waals surface area contributed by atoms with E-state index in [-0.39, 0.29) is 27.9 Å². The predicted molar refractivity (Wildman–Crippen MR) is 224 cm³/mol. The Labute approximate surface area is 335 Å². The molecule has 15 heteroatoms. The summed E-state index contributed by atoms with van der Waals surface area (Å²) >= 11 is 9.40. The first-order valence-corrected chi connectivity index (χ1v) is 21.5. The molecule has 1 aromatic heterocycles. The molecule has 1 aliphatic heterocycles. The van der Waals surface area contributed by atoms with Crippen LogP contribution in [0.1, 0.15) is 22.3 Å². The highest BCUT2D eigenvalue weighted by atomic mass is 35.5. The maximum Gasteiger partial charge on any atom is 0.293 e. The van der Waals surface area contributed by atoms with Gasteiger partial charge in [0.1, 0.15) is 5.69 Å². The number of hydrogen-bond donors (Lipinski definition) is 2. The van der Waals surface area contributed by atoms with Gasteiger partial charge >= 0.3 is 0 Å². The third-order valence-corrected chi connectivity index (χ3v) is 13.2. The number of carbonyl (C=O) groups is 1. The number of nitro groups is 1. The van der Waals surface area contributed by atoms with Gasteiger partial charge in [-0.15, -0.1) is 23.1 Å². The van der Waals surface area contributed by atoms with E-state index in [0.29, 0.717) is 17.2 Å². The molecular formula is C40H43ClN6O5S3. The minimum atomic E-state index is -4.42. The first-order chi connectivity index (χ1) is 26.4.